The zero-order valence-electron chi connectivity index (χ0n) is 10.9. The molecule has 1 unspecified atom stereocenters. The summed E-state index contributed by atoms with van der Waals surface area (Å²) in [4.78, 5) is 10.6. The van der Waals surface area contributed by atoms with Gasteiger partial charge in [0.05, 0.1) is 17.4 Å². The fourth-order valence-electron chi connectivity index (χ4n) is 1.51. The monoisotopic (exact) mass is 298 g/mol. The topological polar surface area (TPSA) is 119 Å². The van der Waals surface area contributed by atoms with Gasteiger partial charge in [-0.15, -0.1) is 0 Å². The Kier molecular flexibility index (Phi) is 4.70. The Morgan fingerprint density at radius 3 is 2.60 bits per heavy atom. The molecule has 0 aliphatic heterocycles. The molecular weight excluding hydrogens is 284 g/mol. The van der Waals surface area contributed by atoms with E-state index in [2.05, 4.69) is 0 Å². The minimum absolute atomic E-state index is 0.0135. The summed E-state index contributed by atoms with van der Waals surface area (Å²) in [6, 6.07) is 4.34. The molecule has 0 aromatic heterocycles. The van der Waals surface area contributed by atoms with Gasteiger partial charge >= 0.3 is 5.97 Å². The SMILES string of the molecule is CC(CC#N)N(C)S(=O)(=O)c1ccc(O)c(C(=O)O)c1. The molecule has 2 N–H and O–H groups in total. The van der Waals surface area contributed by atoms with E-state index in [1.165, 1.54) is 7.05 Å². The summed E-state index contributed by atoms with van der Waals surface area (Å²) in [7, 11) is -2.62. The van der Waals surface area contributed by atoms with Gasteiger partial charge in [0.15, 0.2) is 0 Å². The molecule has 0 saturated heterocycles. The molecule has 8 heteroatoms. The maximum atomic E-state index is 12.3. The number of phenols is 1. The number of rotatable bonds is 5. The molecule has 0 radical (unpaired) electrons. The van der Waals surface area contributed by atoms with Crippen molar-refractivity contribution in [2.75, 3.05) is 7.05 Å². The summed E-state index contributed by atoms with van der Waals surface area (Å²) in [5.41, 5.74) is -0.493. The number of benzene rings is 1. The zero-order chi connectivity index (χ0) is 15.5. The van der Waals surface area contributed by atoms with Gasteiger partial charge in [0.1, 0.15) is 11.3 Å². The van der Waals surface area contributed by atoms with E-state index in [0.717, 1.165) is 22.5 Å². The number of sulfonamides is 1. The molecule has 0 spiro atoms. The maximum Gasteiger partial charge on any atom is 0.339 e. The Labute approximate surface area is 116 Å². The maximum absolute atomic E-state index is 12.3. The molecule has 0 fully saturated rings. The van der Waals surface area contributed by atoms with Crippen LogP contribution < -0.4 is 0 Å². The minimum Gasteiger partial charge on any atom is -0.507 e. The van der Waals surface area contributed by atoms with Crippen molar-refractivity contribution in [3.05, 3.63) is 23.8 Å². The Morgan fingerprint density at radius 2 is 2.10 bits per heavy atom. The van der Waals surface area contributed by atoms with E-state index in [9.17, 15) is 18.3 Å². The van der Waals surface area contributed by atoms with Crippen LogP contribution in [0.15, 0.2) is 23.1 Å². The highest BCUT2D eigenvalue weighted by Gasteiger charge is 2.26. The molecule has 0 saturated carbocycles. The Hall–Kier alpha value is -2.11. The normalized spacial score (nSPS) is 12.9. The molecule has 0 heterocycles. The first-order valence-corrected chi connectivity index (χ1v) is 7.07. The van der Waals surface area contributed by atoms with E-state index >= 15 is 0 Å². The van der Waals surface area contributed by atoms with Gasteiger partial charge in [-0.3, -0.25) is 0 Å². The molecule has 0 aliphatic carbocycles. The first-order valence-electron chi connectivity index (χ1n) is 5.63. The average Bonchev–Trinajstić information content (AvgIpc) is 2.37. The fourth-order valence-corrected chi connectivity index (χ4v) is 2.90. The number of hydrogen-bond donors (Lipinski definition) is 2. The van der Waals surface area contributed by atoms with Crippen LogP contribution in [0.1, 0.15) is 23.7 Å². The van der Waals surface area contributed by atoms with Crippen LogP contribution in [0.2, 0.25) is 0 Å². The predicted molar refractivity (Wildman–Crippen MR) is 69.7 cm³/mol. The zero-order valence-corrected chi connectivity index (χ0v) is 11.8. The fraction of sp³-hybridized carbons (Fsp3) is 0.333. The molecule has 1 aromatic carbocycles. The van der Waals surface area contributed by atoms with E-state index in [1.807, 2.05) is 6.07 Å². The summed E-state index contributed by atoms with van der Waals surface area (Å²) < 4.78 is 25.5. The molecule has 1 rings (SSSR count). The van der Waals surface area contributed by atoms with Crippen LogP contribution in [0.4, 0.5) is 0 Å². The van der Waals surface area contributed by atoms with Gasteiger partial charge in [0, 0.05) is 13.1 Å². The molecule has 0 amide bonds. The highest BCUT2D eigenvalue weighted by Crippen LogP contribution is 2.24. The third kappa shape index (κ3) is 3.07. The minimum atomic E-state index is -3.93. The lowest BCUT2D eigenvalue weighted by Crippen LogP contribution is -2.34. The molecule has 108 valence electrons. The molecule has 1 aromatic rings. The van der Waals surface area contributed by atoms with Crippen LogP contribution >= 0.6 is 0 Å². The van der Waals surface area contributed by atoms with Crippen molar-refractivity contribution in [3.8, 4) is 11.8 Å². The van der Waals surface area contributed by atoms with Crippen molar-refractivity contribution in [2.45, 2.75) is 24.3 Å². The van der Waals surface area contributed by atoms with Crippen LogP contribution in [0, 0.1) is 11.3 Å². The summed E-state index contributed by atoms with van der Waals surface area (Å²) in [6.45, 7) is 1.57. The van der Waals surface area contributed by atoms with Gasteiger partial charge < -0.3 is 10.2 Å². The van der Waals surface area contributed by atoms with Crippen LogP contribution in [0.3, 0.4) is 0 Å². The van der Waals surface area contributed by atoms with E-state index in [4.69, 9.17) is 10.4 Å². The summed E-state index contributed by atoms with van der Waals surface area (Å²) in [5, 5.41) is 26.8. The van der Waals surface area contributed by atoms with Crippen molar-refractivity contribution in [1.82, 2.24) is 4.31 Å². The second kappa shape index (κ2) is 5.90. The largest absolute Gasteiger partial charge is 0.507 e. The average molecular weight is 298 g/mol. The molecular formula is C12H14N2O5S. The van der Waals surface area contributed by atoms with E-state index < -0.39 is 33.3 Å². The number of carbonyl (C=O) groups is 1. The standard InChI is InChI=1S/C12H14N2O5S/c1-8(5-6-13)14(2)20(18,19)9-3-4-11(15)10(7-9)12(16)17/h3-4,7-8,15H,5H2,1-2H3,(H,16,17). The number of aromatic hydroxyl groups is 1. The van der Waals surface area contributed by atoms with Crippen LogP contribution in [0.5, 0.6) is 5.75 Å². The van der Waals surface area contributed by atoms with Crippen molar-refractivity contribution < 1.29 is 23.4 Å². The summed E-state index contributed by atoms with van der Waals surface area (Å²) >= 11 is 0. The van der Waals surface area contributed by atoms with Gasteiger partial charge in [0.2, 0.25) is 10.0 Å². The second-order valence-corrected chi connectivity index (χ2v) is 6.21. The third-order valence-corrected chi connectivity index (χ3v) is 4.85. The number of hydrogen-bond acceptors (Lipinski definition) is 5. The molecule has 0 aliphatic rings. The Bertz CT molecular complexity index is 663. The van der Waals surface area contributed by atoms with E-state index in [1.54, 1.807) is 6.92 Å². The third-order valence-electron chi connectivity index (χ3n) is 2.88. The lowest BCUT2D eigenvalue weighted by atomic mass is 10.2. The molecule has 0 bridgehead atoms. The van der Waals surface area contributed by atoms with Gasteiger partial charge in [-0.05, 0) is 25.1 Å². The quantitative estimate of drug-likeness (QED) is 0.837. The lowest BCUT2D eigenvalue weighted by Gasteiger charge is -2.22. The number of nitrogens with zero attached hydrogens (tertiary/aromatic N) is 2. The summed E-state index contributed by atoms with van der Waals surface area (Å²) in [5.74, 6) is -1.93. The van der Waals surface area contributed by atoms with Crippen LogP contribution in [-0.2, 0) is 10.0 Å². The van der Waals surface area contributed by atoms with Crippen molar-refractivity contribution in [1.29, 1.82) is 5.26 Å². The molecule has 7 nitrogen and oxygen atoms in total. The van der Waals surface area contributed by atoms with Crippen molar-refractivity contribution in [3.63, 3.8) is 0 Å². The van der Waals surface area contributed by atoms with E-state index in [0.29, 0.717) is 0 Å². The van der Waals surface area contributed by atoms with Crippen LogP contribution in [-0.4, -0.2) is 42.0 Å². The van der Waals surface area contributed by atoms with Gasteiger partial charge in [-0.2, -0.15) is 9.57 Å². The first kappa shape index (κ1) is 15.9. The van der Waals surface area contributed by atoms with Gasteiger partial charge in [-0.1, -0.05) is 0 Å². The van der Waals surface area contributed by atoms with Crippen molar-refractivity contribution in [2.24, 2.45) is 0 Å². The highest BCUT2D eigenvalue weighted by atomic mass is 32.2. The highest BCUT2D eigenvalue weighted by molar-refractivity contribution is 7.89. The number of aromatic carboxylic acids is 1. The molecule has 20 heavy (non-hydrogen) atoms. The summed E-state index contributed by atoms with van der Waals surface area (Å²) in [6.07, 6.45) is 0.0135. The van der Waals surface area contributed by atoms with Crippen LogP contribution in [0.25, 0.3) is 0 Å². The number of carboxylic acids is 1. The van der Waals surface area contributed by atoms with Gasteiger partial charge in [-0.25, -0.2) is 13.2 Å². The predicted octanol–water partition coefficient (Wildman–Crippen LogP) is 1.01. The Balaban J connectivity index is 3.27. The van der Waals surface area contributed by atoms with Crippen molar-refractivity contribution >= 4 is 16.0 Å². The smallest absolute Gasteiger partial charge is 0.339 e. The number of nitriles is 1. The Morgan fingerprint density at radius 1 is 1.50 bits per heavy atom. The number of carboxylic acid groups (broad SMARTS) is 1. The first-order chi connectivity index (χ1) is 9.21. The second-order valence-electron chi connectivity index (χ2n) is 4.22. The van der Waals surface area contributed by atoms with Gasteiger partial charge in [0.25, 0.3) is 0 Å². The van der Waals surface area contributed by atoms with E-state index in [-0.39, 0.29) is 11.3 Å². The molecule has 1 atom stereocenters. The lowest BCUT2D eigenvalue weighted by molar-refractivity contribution is 0.0693.